The van der Waals surface area contributed by atoms with E-state index in [4.69, 9.17) is 21.7 Å². The van der Waals surface area contributed by atoms with Gasteiger partial charge in [-0.2, -0.15) is 5.10 Å². The zero-order valence-corrected chi connectivity index (χ0v) is 20.5. The van der Waals surface area contributed by atoms with Gasteiger partial charge < -0.3 is 4.90 Å². The van der Waals surface area contributed by atoms with Crippen LogP contribution in [0.5, 0.6) is 0 Å². The molecule has 2 aromatic heterocycles. The van der Waals surface area contributed by atoms with Crippen molar-refractivity contribution in [3.05, 3.63) is 57.8 Å². The predicted molar refractivity (Wildman–Crippen MR) is 127 cm³/mol. The van der Waals surface area contributed by atoms with Gasteiger partial charge in [-0.05, 0) is 51.2 Å². The Morgan fingerprint density at radius 3 is 2.62 bits per heavy atom. The lowest BCUT2D eigenvalue weighted by molar-refractivity contribution is 0.0607. The summed E-state index contributed by atoms with van der Waals surface area (Å²) in [6.45, 7) is 2.45. The van der Waals surface area contributed by atoms with Crippen LogP contribution in [-0.4, -0.2) is 46.6 Å². The van der Waals surface area contributed by atoms with E-state index in [1.165, 1.54) is 6.07 Å². The van der Waals surface area contributed by atoms with E-state index >= 15 is 0 Å². The van der Waals surface area contributed by atoms with E-state index in [9.17, 15) is 17.6 Å². The number of carbonyl (C=O) groups excluding carboxylic acids is 1. The standard InChI is InChI=1S/C23H25ClFN5O3S/c1-13-9-18(14-6-7-14)26-22-12-20(27-30(13)22)21-5-3-4-8-29(21)23(31)15-10-16(24)17(25)11-19(15)28-34(2,32)33/h9-12,14,21,28H,3-8H2,1-2H3. The molecule has 1 saturated carbocycles. The Hall–Kier alpha value is -2.72. The van der Waals surface area contributed by atoms with Gasteiger partial charge in [-0.3, -0.25) is 9.52 Å². The molecule has 2 aliphatic rings. The van der Waals surface area contributed by atoms with Gasteiger partial charge in [-0.25, -0.2) is 22.3 Å². The quantitative estimate of drug-likeness (QED) is 0.552. The third-order valence-corrected chi connectivity index (χ3v) is 7.21. The molecule has 1 saturated heterocycles. The number of nitrogens with zero attached hydrogens (tertiary/aromatic N) is 4. The highest BCUT2D eigenvalue weighted by Gasteiger charge is 2.33. The number of aryl methyl sites for hydroxylation is 1. The number of hydrogen-bond donors (Lipinski definition) is 1. The van der Waals surface area contributed by atoms with Crippen LogP contribution in [0.15, 0.2) is 24.3 Å². The van der Waals surface area contributed by atoms with E-state index in [2.05, 4.69) is 10.8 Å². The van der Waals surface area contributed by atoms with Crippen LogP contribution in [0.3, 0.4) is 0 Å². The second-order valence-corrected chi connectivity index (χ2v) is 11.3. The highest BCUT2D eigenvalue weighted by Crippen LogP contribution is 2.40. The van der Waals surface area contributed by atoms with Crippen molar-refractivity contribution < 1.29 is 17.6 Å². The van der Waals surface area contributed by atoms with Crippen LogP contribution in [0.25, 0.3) is 5.65 Å². The van der Waals surface area contributed by atoms with Crippen LogP contribution in [0, 0.1) is 12.7 Å². The summed E-state index contributed by atoms with van der Waals surface area (Å²) in [5, 5.41) is 4.51. The number of hydrogen-bond acceptors (Lipinski definition) is 5. The third kappa shape index (κ3) is 4.48. The zero-order chi connectivity index (χ0) is 24.2. The van der Waals surface area contributed by atoms with Crippen molar-refractivity contribution in [3.63, 3.8) is 0 Å². The van der Waals surface area contributed by atoms with Gasteiger partial charge in [0.2, 0.25) is 10.0 Å². The van der Waals surface area contributed by atoms with Gasteiger partial charge in [-0.1, -0.05) is 11.6 Å². The smallest absolute Gasteiger partial charge is 0.256 e. The first-order chi connectivity index (χ1) is 16.1. The van der Waals surface area contributed by atoms with Crippen molar-refractivity contribution in [1.82, 2.24) is 19.5 Å². The fraction of sp³-hybridized carbons (Fsp3) is 0.435. The number of carbonyl (C=O) groups is 1. The first-order valence-electron chi connectivity index (χ1n) is 11.3. The Morgan fingerprint density at radius 1 is 1.15 bits per heavy atom. The van der Waals surface area contributed by atoms with Gasteiger partial charge in [0, 0.05) is 36.0 Å². The lowest BCUT2D eigenvalue weighted by Crippen LogP contribution is -2.39. The zero-order valence-electron chi connectivity index (χ0n) is 18.9. The Bertz CT molecular complexity index is 1400. The lowest BCUT2D eigenvalue weighted by Gasteiger charge is -2.35. The van der Waals surface area contributed by atoms with E-state index in [1.54, 1.807) is 9.42 Å². The number of anilines is 1. The summed E-state index contributed by atoms with van der Waals surface area (Å²) in [6, 6.07) is 5.78. The van der Waals surface area contributed by atoms with Crippen LogP contribution in [-0.2, 0) is 10.0 Å². The maximum atomic E-state index is 14.1. The highest BCUT2D eigenvalue weighted by atomic mass is 35.5. The molecular weight excluding hydrogens is 481 g/mol. The molecule has 11 heteroatoms. The molecule has 8 nitrogen and oxygen atoms in total. The molecule has 1 unspecified atom stereocenters. The van der Waals surface area contributed by atoms with Crippen LogP contribution >= 0.6 is 11.6 Å². The van der Waals surface area contributed by atoms with E-state index in [-0.39, 0.29) is 22.3 Å². The number of sulfonamides is 1. The van der Waals surface area contributed by atoms with Gasteiger partial charge in [-0.15, -0.1) is 0 Å². The average Bonchev–Trinajstić information content (AvgIpc) is 3.53. The molecule has 1 amide bonds. The molecule has 1 atom stereocenters. The minimum absolute atomic E-state index is 0.00202. The van der Waals surface area contributed by atoms with Crippen LogP contribution < -0.4 is 4.72 Å². The van der Waals surface area contributed by atoms with Crippen molar-refractivity contribution in [2.45, 2.75) is 51.0 Å². The molecule has 1 aromatic carbocycles. The summed E-state index contributed by atoms with van der Waals surface area (Å²) < 4.78 is 41.8. The number of amides is 1. The molecule has 5 rings (SSSR count). The van der Waals surface area contributed by atoms with Gasteiger partial charge in [0.15, 0.2) is 5.65 Å². The SMILES string of the molecule is Cc1cc(C2CC2)nc2cc(C3CCCCN3C(=O)c3cc(Cl)c(F)cc3NS(C)(=O)=O)nn12. The molecule has 0 radical (unpaired) electrons. The number of piperidine rings is 1. The second kappa shape index (κ2) is 8.49. The molecule has 1 N–H and O–H groups in total. The van der Waals surface area contributed by atoms with Crippen molar-refractivity contribution >= 4 is 38.9 Å². The minimum atomic E-state index is -3.74. The first kappa shape index (κ1) is 23.0. The van der Waals surface area contributed by atoms with E-state index in [0.29, 0.717) is 18.9 Å². The molecule has 34 heavy (non-hydrogen) atoms. The summed E-state index contributed by atoms with van der Waals surface area (Å²) in [5.41, 5.74) is 3.39. The normalized spacial score (nSPS) is 18.9. The molecule has 3 aromatic rings. The second-order valence-electron chi connectivity index (χ2n) is 9.13. The van der Waals surface area contributed by atoms with Crippen molar-refractivity contribution in [1.29, 1.82) is 0 Å². The van der Waals surface area contributed by atoms with Crippen LogP contribution in [0.4, 0.5) is 10.1 Å². The maximum Gasteiger partial charge on any atom is 0.256 e. The van der Waals surface area contributed by atoms with Gasteiger partial charge in [0.05, 0.1) is 34.3 Å². The highest BCUT2D eigenvalue weighted by molar-refractivity contribution is 7.92. The summed E-state index contributed by atoms with van der Waals surface area (Å²) in [4.78, 5) is 20.1. The van der Waals surface area contributed by atoms with E-state index in [1.807, 2.05) is 13.0 Å². The molecule has 0 bridgehead atoms. The van der Waals surface area contributed by atoms with E-state index in [0.717, 1.165) is 60.7 Å². The minimum Gasteiger partial charge on any atom is -0.330 e. The Kier molecular flexibility index (Phi) is 5.76. The number of benzene rings is 1. The summed E-state index contributed by atoms with van der Waals surface area (Å²) >= 11 is 5.96. The Morgan fingerprint density at radius 2 is 1.91 bits per heavy atom. The van der Waals surface area contributed by atoms with E-state index < -0.39 is 21.7 Å². The first-order valence-corrected chi connectivity index (χ1v) is 13.5. The monoisotopic (exact) mass is 505 g/mol. The number of aromatic nitrogens is 3. The fourth-order valence-corrected chi connectivity index (χ4v) is 5.30. The van der Waals surface area contributed by atoms with Crippen molar-refractivity contribution in [2.75, 3.05) is 17.5 Å². The number of fused-ring (bicyclic) bond motifs is 1. The number of nitrogens with one attached hydrogen (secondary N) is 1. The molecular formula is C23H25ClFN5O3S. The molecule has 180 valence electrons. The average molecular weight is 506 g/mol. The number of likely N-dealkylation sites (tertiary alicyclic amines) is 1. The Labute approximate surface area is 202 Å². The largest absolute Gasteiger partial charge is 0.330 e. The molecule has 0 spiro atoms. The molecule has 1 aliphatic carbocycles. The fourth-order valence-electron chi connectivity index (χ4n) is 4.56. The predicted octanol–water partition coefficient (Wildman–Crippen LogP) is 4.45. The van der Waals surface area contributed by atoms with Gasteiger partial charge in [0.1, 0.15) is 5.82 Å². The summed E-state index contributed by atoms with van der Waals surface area (Å²) in [7, 11) is -3.74. The number of rotatable bonds is 5. The molecule has 1 aliphatic heterocycles. The topological polar surface area (TPSA) is 96.7 Å². The van der Waals surface area contributed by atoms with Crippen LogP contribution in [0.1, 0.15) is 71.5 Å². The number of halogens is 2. The summed E-state index contributed by atoms with van der Waals surface area (Å²) in [6.07, 6.45) is 5.66. The van der Waals surface area contributed by atoms with Crippen LogP contribution in [0.2, 0.25) is 5.02 Å². The van der Waals surface area contributed by atoms with Gasteiger partial charge in [0.25, 0.3) is 5.91 Å². The Balaban J connectivity index is 1.53. The maximum absolute atomic E-state index is 14.1. The van der Waals surface area contributed by atoms with Crippen molar-refractivity contribution in [3.8, 4) is 0 Å². The summed E-state index contributed by atoms with van der Waals surface area (Å²) in [5.74, 6) is -0.732. The van der Waals surface area contributed by atoms with Gasteiger partial charge >= 0.3 is 0 Å². The molecule has 2 fully saturated rings. The van der Waals surface area contributed by atoms with Crippen molar-refractivity contribution in [2.24, 2.45) is 0 Å². The lowest BCUT2D eigenvalue weighted by atomic mass is 9.98. The third-order valence-electron chi connectivity index (χ3n) is 6.33. The molecule has 3 heterocycles.